The number of halogens is 1. The van der Waals surface area contributed by atoms with Crippen LogP contribution in [0.4, 0.5) is 0 Å². The topological polar surface area (TPSA) is 60.1 Å². The highest BCUT2D eigenvalue weighted by Gasteiger charge is 2.43. The molecule has 0 radical (unpaired) electrons. The second-order valence-electron chi connectivity index (χ2n) is 4.76. The molecule has 1 aliphatic heterocycles. The fraction of sp³-hybridized carbons (Fsp3) is 0.909. The van der Waals surface area contributed by atoms with E-state index in [1.54, 1.807) is 4.90 Å². The Kier molecular flexibility index (Phi) is 5.46. The smallest absolute Gasteiger partial charge is 0.190 e. The minimum absolute atomic E-state index is 0. The van der Waals surface area contributed by atoms with Crippen molar-refractivity contribution in [2.75, 3.05) is 27.2 Å². The second-order valence-corrected chi connectivity index (χ2v) is 4.76. The summed E-state index contributed by atoms with van der Waals surface area (Å²) in [7, 11) is 3.76. The fourth-order valence-corrected chi connectivity index (χ4v) is 2.22. The highest BCUT2D eigenvalue weighted by atomic mass is 127. The maximum absolute atomic E-state index is 5.94. The van der Waals surface area contributed by atoms with Crippen molar-refractivity contribution in [3.8, 4) is 0 Å². The molecule has 2 aliphatic rings. The highest BCUT2D eigenvalue weighted by molar-refractivity contribution is 14.0. The lowest BCUT2D eigenvalue weighted by Gasteiger charge is -2.21. The number of hydrogen-bond donors (Lipinski definition) is 1. The van der Waals surface area contributed by atoms with E-state index in [9.17, 15) is 0 Å². The lowest BCUT2D eigenvalue weighted by atomic mass is 10.2. The fourth-order valence-electron chi connectivity index (χ4n) is 2.22. The Morgan fingerprint density at radius 2 is 2.06 bits per heavy atom. The summed E-state index contributed by atoms with van der Waals surface area (Å²) in [5.74, 6) is 0.253. The van der Waals surface area contributed by atoms with Crippen LogP contribution in [0.15, 0.2) is 4.99 Å². The van der Waals surface area contributed by atoms with Crippen molar-refractivity contribution in [3.63, 3.8) is 0 Å². The van der Waals surface area contributed by atoms with Gasteiger partial charge in [-0.2, -0.15) is 0 Å². The van der Waals surface area contributed by atoms with E-state index in [4.69, 9.17) is 15.2 Å². The number of guanidine groups is 1. The third-order valence-corrected chi connectivity index (χ3v) is 3.19. The average Bonchev–Trinajstić information content (AvgIpc) is 2.86. The molecule has 1 atom stereocenters. The zero-order valence-electron chi connectivity index (χ0n) is 10.5. The molecule has 1 aliphatic carbocycles. The van der Waals surface area contributed by atoms with Crippen LogP contribution in [0.2, 0.25) is 0 Å². The van der Waals surface area contributed by atoms with E-state index in [0.717, 1.165) is 12.8 Å². The third-order valence-electron chi connectivity index (χ3n) is 3.19. The van der Waals surface area contributed by atoms with E-state index in [2.05, 4.69) is 4.99 Å². The average molecular weight is 355 g/mol. The van der Waals surface area contributed by atoms with Gasteiger partial charge < -0.3 is 20.1 Å². The molecule has 1 spiro atoms. The monoisotopic (exact) mass is 355 g/mol. The number of nitrogens with zero attached hydrogens (tertiary/aromatic N) is 2. The summed E-state index contributed by atoms with van der Waals surface area (Å²) in [6.07, 6.45) is 4.52. The van der Waals surface area contributed by atoms with Crippen LogP contribution in [-0.4, -0.2) is 50.0 Å². The molecule has 6 heteroatoms. The summed E-state index contributed by atoms with van der Waals surface area (Å²) in [6.45, 7) is 1.23. The van der Waals surface area contributed by atoms with Crippen molar-refractivity contribution < 1.29 is 9.47 Å². The number of aliphatic imine (C=N–C) groups is 1. The van der Waals surface area contributed by atoms with Gasteiger partial charge in [0.1, 0.15) is 6.10 Å². The molecular weight excluding hydrogens is 333 g/mol. The van der Waals surface area contributed by atoms with Gasteiger partial charge in [-0.15, -0.1) is 24.0 Å². The van der Waals surface area contributed by atoms with Gasteiger partial charge in [0.05, 0.1) is 13.2 Å². The molecule has 1 heterocycles. The van der Waals surface area contributed by atoms with Crippen LogP contribution in [0.25, 0.3) is 0 Å². The molecule has 0 aromatic rings. The van der Waals surface area contributed by atoms with Gasteiger partial charge in [-0.3, -0.25) is 4.99 Å². The number of hydrogen-bond acceptors (Lipinski definition) is 3. The van der Waals surface area contributed by atoms with Crippen LogP contribution in [0, 0.1) is 0 Å². The van der Waals surface area contributed by atoms with Gasteiger partial charge in [0.25, 0.3) is 0 Å². The molecule has 1 unspecified atom stereocenters. The van der Waals surface area contributed by atoms with Crippen molar-refractivity contribution in [2.24, 2.45) is 10.7 Å². The third kappa shape index (κ3) is 3.69. The first-order valence-corrected chi connectivity index (χ1v) is 5.90. The zero-order valence-corrected chi connectivity index (χ0v) is 12.8. The van der Waals surface area contributed by atoms with E-state index in [-0.39, 0.29) is 35.9 Å². The predicted molar refractivity (Wildman–Crippen MR) is 77.6 cm³/mol. The number of rotatable bonds is 2. The van der Waals surface area contributed by atoms with E-state index < -0.39 is 0 Å². The second kappa shape index (κ2) is 6.19. The van der Waals surface area contributed by atoms with Gasteiger partial charge in [0.15, 0.2) is 11.7 Å². The molecule has 5 nitrogen and oxygen atoms in total. The highest BCUT2D eigenvalue weighted by Crippen LogP contribution is 2.39. The van der Waals surface area contributed by atoms with Crippen LogP contribution in [-0.2, 0) is 9.47 Å². The Labute approximate surface area is 120 Å². The first-order chi connectivity index (χ1) is 7.61. The Morgan fingerprint density at radius 1 is 1.41 bits per heavy atom. The maximum atomic E-state index is 5.94. The molecule has 0 amide bonds. The minimum Gasteiger partial charge on any atom is -0.370 e. The Balaban J connectivity index is 0.00000144. The molecule has 0 aromatic heterocycles. The van der Waals surface area contributed by atoms with Gasteiger partial charge in [0, 0.05) is 26.9 Å². The van der Waals surface area contributed by atoms with Gasteiger partial charge in [-0.1, -0.05) is 0 Å². The molecular formula is C11H22IN3O2. The largest absolute Gasteiger partial charge is 0.370 e. The zero-order chi connectivity index (χ0) is 11.6. The molecule has 0 aromatic carbocycles. The quantitative estimate of drug-likeness (QED) is 0.459. The summed E-state index contributed by atoms with van der Waals surface area (Å²) in [5, 5.41) is 0. The standard InChI is InChI=1S/C11H21N3O2.HI/c1-14(2)10(12)13-7-9-8-15-11(16-9)5-3-4-6-11;/h9H,3-8H2,1-2H3,(H2,12,13);1H. The first kappa shape index (κ1) is 15.0. The van der Waals surface area contributed by atoms with Gasteiger partial charge in [-0.25, -0.2) is 0 Å². The van der Waals surface area contributed by atoms with Crippen molar-refractivity contribution in [3.05, 3.63) is 0 Å². The van der Waals surface area contributed by atoms with Crippen LogP contribution < -0.4 is 5.73 Å². The first-order valence-electron chi connectivity index (χ1n) is 5.90. The summed E-state index contributed by atoms with van der Waals surface area (Å²) in [5.41, 5.74) is 5.72. The van der Waals surface area contributed by atoms with Crippen LogP contribution >= 0.6 is 24.0 Å². The van der Waals surface area contributed by atoms with Crippen molar-refractivity contribution in [2.45, 2.75) is 37.6 Å². The Hall–Kier alpha value is -0.0800. The van der Waals surface area contributed by atoms with Gasteiger partial charge in [0.2, 0.25) is 0 Å². The van der Waals surface area contributed by atoms with Gasteiger partial charge >= 0.3 is 0 Å². The van der Waals surface area contributed by atoms with E-state index in [0.29, 0.717) is 19.1 Å². The summed E-state index contributed by atoms with van der Waals surface area (Å²) < 4.78 is 11.7. The lowest BCUT2D eigenvalue weighted by molar-refractivity contribution is -0.160. The molecule has 0 bridgehead atoms. The van der Waals surface area contributed by atoms with Crippen molar-refractivity contribution >= 4 is 29.9 Å². The Morgan fingerprint density at radius 3 is 2.65 bits per heavy atom. The number of ether oxygens (including phenoxy) is 2. The molecule has 100 valence electrons. The molecule has 1 saturated carbocycles. The molecule has 1 saturated heterocycles. The van der Waals surface area contributed by atoms with E-state index in [1.165, 1.54) is 12.8 Å². The lowest BCUT2D eigenvalue weighted by Crippen LogP contribution is -2.32. The van der Waals surface area contributed by atoms with Gasteiger partial charge in [-0.05, 0) is 12.8 Å². The van der Waals surface area contributed by atoms with Crippen LogP contribution in [0.3, 0.4) is 0 Å². The molecule has 2 rings (SSSR count). The predicted octanol–water partition coefficient (Wildman–Crippen LogP) is 1.17. The summed E-state index contributed by atoms with van der Waals surface area (Å²) in [6, 6.07) is 0. The SMILES string of the molecule is CN(C)C(N)=NCC1COC2(CCCC2)O1.I. The Bertz CT molecular complexity index is 278. The van der Waals surface area contributed by atoms with E-state index in [1.807, 2.05) is 14.1 Å². The maximum Gasteiger partial charge on any atom is 0.190 e. The molecule has 2 fully saturated rings. The van der Waals surface area contributed by atoms with Crippen molar-refractivity contribution in [1.82, 2.24) is 4.90 Å². The summed E-state index contributed by atoms with van der Waals surface area (Å²) in [4.78, 5) is 6.07. The van der Waals surface area contributed by atoms with E-state index >= 15 is 0 Å². The summed E-state index contributed by atoms with van der Waals surface area (Å²) >= 11 is 0. The van der Waals surface area contributed by atoms with Crippen LogP contribution in [0.1, 0.15) is 25.7 Å². The molecule has 2 N–H and O–H groups in total. The molecule has 17 heavy (non-hydrogen) atoms. The van der Waals surface area contributed by atoms with Crippen molar-refractivity contribution in [1.29, 1.82) is 0 Å². The van der Waals surface area contributed by atoms with Crippen LogP contribution in [0.5, 0.6) is 0 Å². The minimum atomic E-state index is -0.285. The normalized spacial score (nSPS) is 27.2. The number of nitrogens with two attached hydrogens (primary N) is 1.